The van der Waals surface area contributed by atoms with Crippen LogP contribution >= 0.6 is 11.3 Å². The Morgan fingerprint density at radius 2 is 2.09 bits per heavy atom. The molecule has 114 valence electrons. The van der Waals surface area contributed by atoms with Crippen molar-refractivity contribution in [2.24, 2.45) is 0 Å². The van der Waals surface area contributed by atoms with Crippen LogP contribution in [0, 0.1) is 13.8 Å². The molecule has 0 saturated heterocycles. The number of nitrogens with zero attached hydrogens (tertiary/aromatic N) is 4. The molecule has 1 amide bonds. The molecule has 0 unspecified atom stereocenters. The van der Waals surface area contributed by atoms with Crippen LogP contribution in [0.2, 0.25) is 0 Å². The van der Waals surface area contributed by atoms with E-state index in [9.17, 15) is 4.79 Å². The summed E-state index contributed by atoms with van der Waals surface area (Å²) in [6, 6.07) is 1.93. The van der Waals surface area contributed by atoms with Crippen LogP contribution in [0.3, 0.4) is 0 Å². The zero-order chi connectivity index (χ0) is 15.9. The highest BCUT2D eigenvalue weighted by Crippen LogP contribution is 2.22. The van der Waals surface area contributed by atoms with E-state index in [0.717, 1.165) is 17.1 Å². The Kier molecular flexibility index (Phi) is 3.66. The highest BCUT2D eigenvalue weighted by Gasteiger charge is 2.17. The molecular formula is C15H17N5OS. The highest BCUT2D eigenvalue weighted by atomic mass is 32.1. The maximum absolute atomic E-state index is 12.5. The summed E-state index contributed by atoms with van der Waals surface area (Å²) >= 11 is 1.42. The number of thiazole rings is 1. The van der Waals surface area contributed by atoms with Gasteiger partial charge in [-0.2, -0.15) is 5.10 Å². The van der Waals surface area contributed by atoms with E-state index in [1.54, 1.807) is 10.7 Å². The fourth-order valence-corrected chi connectivity index (χ4v) is 3.07. The minimum Gasteiger partial charge on any atom is -0.298 e. The molecule has 6 nitrogen and oxygen atoms in total. The van der Waals surface area contributed by atoms with Crippen molar-refractivity contribution in [3.05, 3.63) is 40.3 Å². The summed E-state index contributed by atoms with van der Waals surface area (Å²) < 4.78 is 1.67. The molecule has 0 aromatic carbocycles. The lowest BCUT2D eigenvalue weighted by atomic mass is 10.2. The lowest BCUT2D eigenvalue weighted by Gasteiger charge is -2.03. The molecule has 0 fully saturated rings. The van der Waals surface area contributed by atoms with Gasteiger partial charge in [-0.25, -0.2) is 14.5 Å². The van der Waals surface area contributed by atoms with E-state index in [2.05, 4.69) is 34.2 Å². The minimum absolute atomic E-state index is 0.239. The van der Waals surface area contributed by atoms with Crippen LogP contribution in [0.15, 0.2) is 17.6 Å². The number of hydrogen-bond acceptors (Lipinski definition) is 5. The van der Waals surface area contributed by atoms with Gasteiger partial charge in [-0.3, -0.25) is 10.1 Å². The predicted molar refractivity (Wildman–Crippen MR) is 86.6 cm³/mol. The Balaban J connectivity index is 1.92. The third kappa shape index (κ3) is 2.59. The van der Waals surface area contributed by atoms with Gasteiger partial charge in [0.1, 0.15) is 5.56 Å². The molecule has 3 heterocycles. The van der Waals surface area contributed by atoms with Crippen LogP contribution in [-0.4, -0.2) is 25.5 Å². The van der Waals surface area contributed by atoms with E-state index in [1.165, 1.54) is 11.3 Å². The standard InChI is InChI=1S/C15H17N5OS/c1-8(2)12-7-22-15(18-12)19-14(21)11-6-16-20-10(4)5-9(3)17-13(11)20/h5-8H,1-4H3,(H,18,19,21). The van der Waals surface area contributed by atoms with Crippen molar-refractivity contribution in [1.82, 2.24) is 19.6 Å². The Hall–Kier alpha value is -2.28. The fourth-order valence-electron chi connectivity index (χ4n) is 2.20. The van der Waals surface area contributed by atoms with E-state index in [4.69, 9.17) is 0 Å². The maximum atomic E-state index is 12.5. The zero-order valence-corrected chi connectivity index (χ0v) is 13.7. The molecular weight excluding hydrogens is 298 g/mol. The van der Waals surface area contributed by atoms with Gasteiger partial charge >= 0.3 is 0 Å². The smallest absolute Gasteiger partial charge is 0.262 e. The van der Waals surface area contributed by atoms with E-state index < -0.39 is 0 Å². The molecule has 3 aromatic heterocycles. The molecule has 0 saturated carbocycles. The predicted octanol–water partition coefficient (Wildman–Crippen LogP) is 3.18. The van der Waals surface area contributed by atoms with Gasteiger partial charge in [-0.15, -0.1) is 11.3 Å². The first kappa shape index (κ1) is 14.6. The Bertz CT molecular complexity index is 849. The van der Waals surface area contributed by atoms with Crippen molar-refractivity contribution >= 4 is 28.0 Å². The summed E-state index contributed by atoms with van der Waals surface area (Å²) in [5.74, 6) is 0.100. The van der Waals surface area contributed by atoms with E-state index in [1.807, 2.05) is 25.3 Å². The molecule has 1 N–H and O–H groups in total. The minimum atomic E-state index is -0.239. The van der Waals surface area contributed by atoms with E-state index in [0.29, 0.717) is 22.3 Å². The second-order valence-corrected chi connectivity index (χ2v) is 6.38. The zero-order valence-electron chi connectivity index (χ0n) is 12.9. The van der Waals surface area contributed by atoms with Gasteiger partial charge in [-0.05, 0) is 25.8 Å². The van der Waals surface area contributed by atoms with Gasteiger partial charge in [0.05, 0.1) is 11.9 Å². The summed E-state index contributed by atoms with van der Waals surface area (Å²) in [4.78, 5) is 21.3. The first-order valence-electron chi connectivity index (χ1n) is 7.04. The molecule has 0 aliphatic carbocycles. The quantitative estimate of drug-likeness (QED) is 0.805. The molecule has 0 radical (unpaired) electrons. The molecule has 0 atom stereocenters. The van der Waals surface area contributed by atoms with Crippen LogP contribution < -0.4 is 5.32 Å². The van der Waals surface area contributed by atoms with Gasteiger partial charge in [0, 0.05) is 16.8 Å². The Morgan fingerprint density at radius 3 is 2.77 bits per heavy atom. The van der Waals surface area contributed by atoms with Crippen molar-refractivity contribution < 1.29 is 4.79 Å². The van der Waals surface area contributed by atoms with Gasteiger partial charge in [0.15, 0.2) is 10.8 Å². The number of hydrogen-bond donors (Lipinski definition) is 1. The van der Waals surface area contributed by atoms with Gasteiger partial charge in [0.2, 0.25) is 0 Å². The third-order valence-corrected chi connectivity index (χ3v) is 4.13. The number of aromatic nitrogens is 4. The van der Waals surface area contributed by atoms with E-state index in [-0.39, 0.29) is 5.91 Å². The van der Waals surface area contributed by atoms with Crippen LogP contribution in [0.5, 0.6) is 0 Å². The summed E-state index contributed by atoms with van der Waals surface area (Å²) in [6.07, 6.45) is 1.54. The normalized spacial score (nSPS) is 11.3. The number of rotatable bonds is 3. The second kappa shape index (κ2) is 5.49. The highest BCUT2D eigenvalue weighted by molar-refractivity contribution is 7.14. The largest absolute Gasteiger partial charge is 0.298 e. The van der Waals surface area contributed by atoms with Crippen LogP contribution in [-0.2, 0) is 0 Å². The van der Waals surface area contributed by atoms with Crippen molar-refractivity contribution in [3.8, 4) is 0 Å². The molecule has 0 spiro atoms. The third-order valence-electron chi connectivity index (χ3n) is 3.36. The average molecular weight is 315 g/mol. The first-order valence-corrected chi connectivity index (χ1v) is 7.92. The van der Waals surface area contributed by atoms with E-state index >= 15 is 0 Å². The monoisotopic (exact) mass is 315 g/mol. The lowest BCUT2D eigenvalue weighted by molar-refractivity contribution is 0.102. The van der Waals surface area contributed by atoms with Crippen LogP contribution in [0.1, 0.15) is 47.2 Å². The first-order chi connectivity index (χ1) is 10.5. The molecule has 3 rings (SSSR count). The summed E-state index contributed by atoms with van der Waals surface area (Å²) in [6.45, 7) is 7.98. The molecule has 7 heteroatoms. The summed E-state index contributed by atoms with van der Waals surface area (Å²) in [5, 5.41) is 9.61. The molecule has 0 aliphatic heterocycles. The number of aryl methyl sites for hydroxylation is 2. The SMILES string of the molecule is Cc1cc(C)n2ncc(C(=O)Nc3nc(C(C)C)cs3)c2n1. The van der Waals surface area contributed by atoms with Crippen LogP contribution in [0.25, 0.3) is 5.65 Å². The second-order valence-electron chi connectivity index (χ2n) is 5.52. The number of carbonyl (C=O) groups is 1. The number of nitrogens with one attached hydrogen (secondary N) is 1. The number of anilines is 1. The number of carbonyl (C=O) groups excluding carboxylic acids is 1. The van der Waals surface area contributed by atoms with Gasteiger partial charge in [-0.1, -0.05) is 13.8 Å². The van der Waals surface area contributed by atoms with Crippen LogP contribution in [0.4, 0.5) is 5.13 Å². The summed E-state index contributed by atoms with van der Waals surface area (Å²) in [7, 11) is 0. The number of fused-ring (bicyclic) bond motifs is 1. The molecule has 3 aromatic rings. The van der Waals surface area contributed by atoms with Crippen molar-refractivity contribution in [3.63, 3.8) is 0 Å². The Labute approximate surface area is 132 Å². The van der Waals surface area contributed by atoms with Gasteiger partial charge in [0.25, 0.3) is 5.91 Å². The average Bonchev–Trinajstić information content (AvgIpc) is 3.05. The lowest BCUT2D eigenvalue weighted by Crippen LogP contribution is -2.12. The number of amides is 1. The molecule has 0 bridgehead atoms. The van der Waals surface area contributed by atoms with Gasteiger partial charge < -0.3 is 0 Å². The Morgan fingerprint density at radius 1 is 1.32 bits per heavy atom. The van der Waals surface area contributed by atoms with Crippen molar-refractivity contribution in [2.75, 3.05) is 5.32 Å². The summed E-state index contributed by atoms with van der Waals surface area (Å²) in [5.41, 5.74) is 3.79. The topological polar surface area (TPSA) is 72.2 Å². The molecule has 0 aliphatic rings. The fraction of sp³-hybridized carbons (Fsp3) is 0.333. The van der Waals surface area contributed by atoms with Crippen molar-refractivity contribution in [2.45, 2.75) is 33.6 Å². The van der Waals surface area contributed by atoms with Crippen molar-refractivity contribution in [1.29, 1.82) is 0 Å². The molecule has 22 heavy (non-hydrogen) atoms. The maximum Gasteiger partial charge on any atom is 0.262 e.